The van der Waals surface area contributed by atoms with Crippen LogP contribution in [0.1, 0.15) is 27.2 Å². The molecule has 0 spiro atoms. The first kappa shape index (κ1) is 13.0. The van der Waals surface area contributed by atoms with Gasteiger partial charge in [0.15, 0.2) is 0 Å². The molecule has 0 radical (unpaired) electrons. The van der Waals surface area contributed by atoms with Gasteiger partial charge in [-0.1, -0.05) is 23.8 Å². The molecular weight excluding hydrogens is 244 g/mol. The number of H-pyrrole nitrogens is 1. The molecule has 5 nitrogen and oxygen atoms in total. The minimum atomic E-state index is -1.27. The van der Waals surface area contributed by atoms with E-state index < -0.39 is 11.5 Å². The third-order valence-electron chi connectivity index (χ3n) is 2.95. The monoisotopic (exact) mass is 258 g/mol. The second-order valence-corrected chi connectivity index (χ2v) is 4.50. The van der Waals surface area contributed by atoms with Gasteiger partial charge in [0.1, 0.15) is 11.4 Å². The number of carboxylic acids is 1. The van der Waals surface area contributed by atoms with Crippen molar-refractivity contribution in [1.29, 1.82) is 0 Å². The van der Waals surface area contributed by atoms with Crippen LogP contribution in [0, 0.1) is 20.8 Å². The van der Waals surface area contributed by atoms with Crippen molar-refractivity contribution >= 4 is 5.97 Å². The summed E-state index contributed by atoms with van der Waals surface area (Å²) in [6.07, 6.45) is 0. The van der Waals surface area contributed by atoms with Crippen LogP contribution in [0.15, 0.2) is 23.0 Å². The molecule has 0 aliphatic heterocycles. The minimum Gasteiger partial charge on any atom is -0.477 e. The normalized spacial score (nSPS) is 10.5. The maximum Gasteiger partial charge on any atom is 0.343 e. The van der Waals surface area contributed by atoms with Gasteiger partial charge in [-0.2, -0.15) is 0 Å². The predicted molar refractivity (Wildman–Crippen MR) is 71.5 cm³/mol. The molecule has 1 heterocycles. The van der Waals surface area contributed by atoms with Gasteiger partial charge in [-0.3, -0.25) is 4.79 Å². The number of aryl methyl sites for hydroxylation is 3. The summed E-state index contributed by atoms with van der Waals surface area (Å²) in [6, 6.07) is 5.77. The summed E-state index contributed by atoms with van der Waals surface area (Å²) in [5, 5.41) is 8.94. The lowest BCUT2D eigenvalue weighted by molar-refractivity contribution is 0.0693. The van der Waals surface area contributed by atoms with Gasteiger partial charge in [-0.05, 0) is 26.3 Å². The van der Waals surface area contributed by atoms with E-state index in [1.54, 1.807) is 0 Å². The Kier molecular flexibility index (Phi) is 3.21. The molecule has 0 saturated heterocycles. The number of aromatic carboxylic acids is 1. The van der Waals surface area contributed by atoms with Crippen molar-refractivity contribution in [3.63, 3.8) is 0 Å². The quantitative estimate of drug-likeness (QED) is 0.863. The highest BCUT2D eigenvalue weighted by Crippen LogP contribution is 2.20. The van der Waals surface area contributed by atoms with E-state index in [1.165, 1.54) is 6.92 Å². The van der Waals surface area contributed by atoms with Gasteiger partial charge < -0.3 is 10.1 Å². The molecule has 0 saturated carbocycles. The third-order valence-corrected chi connectivity index (χ3v) is 2.95. The average Bonchev–Trinajstić information content (AvgIpc) is 2.26. The van der Waals surface area contributed by atoms with E-state index in [9.17, 15) is 9.59 Å². The first-order valence-electron chi connectivity index (χ1n) is 5.82. The Labute approximate surface area is 110 Å². The average molecular weight is 258 g/mol. The van der Waals surface area contributed by atoms with Gasteiger partial charge >= 0.3 is 5.97 Å². The van der Waals surface area contributed by atoms with Crippen LogP contribution in [0.5, 0.6) is 0 Å². The van der Waals surface area contributed by atoms with Gasteiger partial charge in [-0.15, -0.1) is 0 Å². The zero-order valence-corrected chi connectivity index (χ0v) is 10.9. The van der Waals surface area contributed by atoms with Crippen molar-refractivity contribution in [2.24, 2.45) is 0 Å². The molecule has 0 bridgehead atoms. The summed E-state index contributed by atoms with van der Waals surface area (Å²) in [5.74, 6) is -0.872. The molecule has 0 atom stereocenters. The van der Waals surface area contributed by atoms with Gasteiger partial charge in [-0.25, -0.2) is 9.78 Å². The van der Waals surface area contributed by atoms with Crippen LogP contribution in [-0.2, 0) is 0 Å². The molecule has 0 fully saturated rings. The van der Waals surface area contributed by atoms with Crippen LogP contribution < -0.4 is 5.56 Å². The number of benzene rings is 1. The molecule has 2 rings (SSSR count). The molecule has 0 aliphatic rings. The first-order valence-corrected chi connectivity index (χ1v) is 5.82. The highest BCUT2D eigenvalue weighted by Gasteiger charge is 2.16. The fourth-order valence-corrected chi connectivity index (χ4v) is 2.04. The van der Waals surface area contributed by atoms with Crippen molar-refractivity contribution in [2.45, 2.75) is 20.8 Å². The number of aromatic amines is 1. The Morgan fingerprint density at radius 3 is 2.47 bits per heavy atom. The van der Waals surface area contributed by atoms with Crippen LogP contribution in [-0.4, -0.2) is 21.0 Å². The number of aromatic nitrogens is 2. The summed E-state index contributed by atoms with van der Waals surface area (Å²) in [7, 11) is 0. The Morgan fingerprint density at radius 1 is 1.26 bits per heavy atom. The van der Waals surface area contributed by atoms with E-state index in [1.807, 2.05) is 32.0 Å². The zero-order valence-electron chi connectivity index (χ0n) is 10.9. The number of hydrogen-bond acceptors (Lipinski definition) is 3. The van der Waals surface area contributed by atoms with E-state index in [2.05, 4.69) is 9.97 Å². The van der Waals surface area contributed by atoms with Crippen molar-refractivity contribution in [3.05, 3.63) is 50.9 Å². The summed E-state index contributed by atoms with van der Waals surface area (Å²) in [5.41, 5.74) is 2.16. The lowest BCUT2D eigenvalue weighted by Gasteiger charge is -2.08. The molecule has 0 unspecified atom stereocenters. The lowest BCUT2D eigenvalue weighted by Crippen LogP contribution is -2.21. The van der Waals surface area contributed by atoms with Gasteiger partial charge in [0.25, 0.3) is 5.56 Å². The van der Waals surface area contributed by atoms with E-state index in [0.717, 1.165) is 16.7 Å². The van der Waals surface area contributed by atoms with Gasteiger partial charge in [0, 0.05) is 5.56 Å². The highest BCUT2D eigenvalue weighted by molar-refractivity contribution is 5.88. The molecule has 2 N–H and O–H groups in total. The first-order chi connectivity index (χ1) is 8.90. The summed E-state index contributed by atoms with van der Waals surface area (Å²) in [4.78, 5) is 29.4. The minimum absolute atomic E-state index is 0.214. The third kappa shape index (κ3) is 2.40. The smallest absolute Gasteiger partial charge is 0.343 e. The molecule has 0 amide bonds. The molecule has 1 aromatic heterocycles. The lowest BCUT2D eigenvalue weighted by atomic mass is 10.0. The van der Waals surface area contributed by atoms with Crippen molar-refractivity contribution in [2.75, 3.05) is 0 Å². The Balaban J connectivity index is 2.65. The number of carbonyl (C=O) groups is 1. The zero-order chi connectivity index (χ0) is 14.2. The van der Waals surface area contributed by atoms with Crippen molar-refractivity contribution in [3.8, 4) is 11.4 Å². The second kappa shape index (κ2) is 4.68. The van der Waals surface area contributed by atoms with Crippen molar-refractivity contribution < 1.29 is 9.90 Å². The summed E-state index contributed by atoms with van der Waals surface area (Å²) >= 11 is 0. The second-order valence-electron chi connectivity index (χ2n) is 4.50. The van der Waals surface area contributed by atoms with E-state index in [-0.39, 0.29) is 11.3 Å². The standard InChI is InChI=1S/C14H14N2O3/c1-7-4-5-10(8(2)6-7)12-15-9(3)11(14(18)19)13(17)16-12/h4-6H,1-3H3,(H,18,19)(H,15,16,17). The molecule has 1 aromatic carbocycles. The van der Waals surface area contributed by atoms with E-state index >= 15 is 0 Å². The van der Waals surface area contributed by atoms with Crippen LogP contribution in [0.3, 0.4) is 0 Å². The van der Waals surface area contributed by atoms with Crippen LogP contribution >= 0.6 is 0 Å². The Hall–Kier alpha value is -2.43. The molecular formula is C14H14N2O3. The van der Waals surface area contributed by atoms with Crippen molar-refractivity contribution in [1.82, 2.24) is 9.97 Å². The number of nitrogens with one attached hydrogen (secondary N) is 1. The van der Waals surface area contributed by atoms with E-state index in [4.69, 9.17) is 5.11 Å². The number of nitrogens with zero attached hydrogens (tertiary/aromatic N) is 1. The molecule has 0 aliphatic carbocycles. The SMILES string of the molecule is Cc1ccc(-c2nc(C)c(C(=O)O)c(=O)[nH]2)c(C)c1. The molecule has 98 valence electrons. The van der Waals surface area contributed by atoms with Crippen LogP contribution in [0.4, 0.5) is 0 Å². The van der Waals surface area contributed by atoms with E-state index in [0.29, 0.717) is 5.82 Å². The molecule has 5 heteroatoms. The number of hydrogen-bond donors (Lipinski definition) is 2. The molecule has 2 aromatic rings. The Morgan fingerprint density at radius 2 is 1.95 bits per heavy atom. The topological polar surface area (TPSA) is 83.0 Å². The maximum atomic E-state index is 11.8. The van der Waals surface area contributed by atoms with Gasteiger partial charge in [0.05, 0.1) is 5.69 Å². The predicted octanol–water partition coefficient (Wildman–Crippen LogP) is 2.06. The maximum absolute atomic E-state index is 11.8. The number of carboxylic acid groups (broad SMARTS) is 1. The van der Waals surface area contributed by atoms with Crippen LogP contribution in [0.25, 0.3) is 11.4 Å². The summed E-state index contributed by atoms with van der Waals surface area (Å²) < 4.78 is 0. The summed E-state index contributed by atoms with van der Waals surface area (Å²) in [6.45, 7) is 5.42. The Bertz CT molecular complexity index is 717. The molecule has 19 heavy (non-hydrogen) atoms. The fourth-order valence-electron chi connectivity index (χ4n) is 2.04. The largest absolute Gasteiger partial charge is 0.477 e. The number of rotatable bonds is 2. The van der Waals surface area contributed by atoms with Crippen LogP contribution in [0.2, 0.25) is 0 Å². The highest BCUT2D eigenvalue weighted by atomic mass is 16.4. The van der Waals surface area contributed by atoms with Gasteiger partial charge in [0.2, 0.25) is 0 Å². The fraction of sp³-hybridized carbons (Fsp3) is 0.214.